The minimum absolute atomic E-state index is 0. The zero-order chi connectivity index (χ0) is 5.21. The quantitative estimate of drug-likeness (QED) is 0.411. The van der Waals surface area contributed by atoms with Crippen molar-refractivity contribution in [2.75, 3.05) is 0 Å². The first-order chi connectivity index (χ1) is 2.56. The van der Waals surface area contributed by atoms with Crippen molar-refractivity contribution in [1.29, 1.82) is 0 Å². The molecule has 0 saturated heterocycles. The third-order valence-corrected chi connectivity index (χ3v) is 0.601. The van der Waals surface area contributed by atoms with E-state index in [-0.39, 0.29) is 56.9 Å². The number of halogens is 3. The summed E-state index contributed by atoms with van der Waals surface area (Å²) in [4.78, 5) is 9.56. The Morgan fingerprint density at radius 1 is 1.25 bits per heavy atom. The second-order valence-corrected chi connectivity index (χ2v) is 7.36. The van der Waals surface area contributed by atoms with Gasteiger partial charge in [-0.2, -0.15) is 0 Å². The van der Waals surface area contributed by atoms with E-state index in [1.54, 1.807) is 6.29 Å². The molecule has 0 atom stereocenters. The third kappa shape index (κ3) is 15.9. The van der Waals surface area contributed by atoms with E-state index in [4.69, 9.17) is 0 Å². The Balaban J connectivity index is -0.000000125. The normalized spacial score (nSPS) is 8.38. The van der Waals surface area contributed by atoms with Crippen molar-refractivity contribution in [3.63, 3.8) is 0 Å². The van der Waals surface area contributed by atoms with Crippen LogP contribution in [0.15, 0.2) is 0 Å². The summed E-state index contributed by atoms with van der Waals surface area (Å²) in [6, 6.07) is 0. The van der Waals surface area contributed by atoms with Crippen LogP contribution < -0.4 is 51.4 Å². The maximum Gasteiger partial charge on any atom is 1.00 e. The molecule has 0 unspecified atom stereocenters. The molecule has 0 aliphatic heterocycles. The fourth-order valence-electron chi connectivity index (χ4n) is 0. The van der Waals surface area contributed by atoms with Gasteiger partial charge in [0.1, 0.15) is 0 Å². The molecule has 1 N–H and O–H groups in total. The van der Waals surface area contributed by atoms with Gasteiger partial charge >= 0.3 is 51.4 Å². The van der Waals surface area contributed by atoms with Gasteiger partial charge in [0, 0.05) is 0 Å². The average Bonchev–Trinajstić information content (AvgIpc) is 1.35. The summed E-state index contributed by atoms with van der Waals surface area (Å²) in [5.41, 5.74) is 0. The molecule has 6 heteroatoms. The van der Waals surface area contributed by atoms with Crippen molar-refractivity contribution in [3.05, 3.63) is 0 Å². The van der Waals surface area contributed by atoms with Crippen LogP contribution in [-0.2, 0) is 4.79 Å². The topological polar surface area (TPSA) is 47.1 Å². The van der Waals surface area contributed by atoms with Crippen molar-refractivity contribution >= 4 is 54.1 Å². The molecule has 1 radical (unpaired) electrons. The zero-order valence-corrected chi connectivity index (χ0v) is 11.9. The van der Waals surface area contributed by atoms with E-state index in [2.05, 4.69) is 47.8 Å². The largest absolute Gasteiger partial charge is 1.00 e. The molecule has 0 rings (SSSR count). The minimum Gasteiger partial charge on any atom is -0.870 e. The number of hydrogen-bond acceptors (Lipinski definition) is 2. The van der Waals surface area contributed by atoms with Gasteiger partial charge in [-0.25, -0.2) is 0 Å². The molecular formula is C2HBr3KO2. The fraction of sp³-hybridized carbons (Fsp3) is 0.500. The van der Waals surface area contributed by atoms with Crippen LogP contribution in [0.4, 0.5) is 0 Å². The second-order valence-electron chi connectivity index (χ2n) is 0.600. The fourth-order valence-corrected chi connectivity index (χ4v) is 0. The van der Waals surface area contributed by atoms with Gasteiger partial charge in [-0.1, -0.05) is 47.8 Å². The van der Waals surface area contributed by atoms with Crippen molar-refractivity contribution in [2.24, 2.45) is 0 Å². The molecule has 0 aromatic rings. The summed E-state index contributed by atoms with van der Waals surface area (Å²) < 4.78 is -0.826. The molecular weight excluding hydrogens is 335 g/mol. The zero-order valence-electron chi connectivity index (χ0n) is 3.99. The van der Waals surface area contributed by atoms with Crippen LogP contribution in [0, 0.1) is 0 Å². The van der Waals surface area contributed by atoms with Crippen molar-refractivity contribution in [3.8, 4) is 0 Å². The van der Waals surface area contributed by atoms with Crippen LogP contribution in [0.5, 0.6) is 0 Å². The van der Waals surface area contributed by atoms with Gasteiger partial charge in [-0.3, -0.25) is 4.79 Å². The van der Waals surface area contributed by atoms with E-state index in [0.717, 1.165) is 0 Å². The van der Waals surface area contributed by atoms with E-state index in [9.17, 15) is 4.79 Å². The Bertz CT molecular complexity index is 60.8. The average molecular weight is 336 g/mol. The Morgan fingerprint density at radius 3 is 1.38 bits per heavy atom. The molecule has 0 aliphatic rings. The Hall–Kier alpha value is 2.71. The van der Waals surface area contributed by atoms with Gasteiger partial charge in [-0.15, -0.1) is 0 Å². The number of rotatable bonds is 0. The summed E-state index contributed by atoms with van der Waals surface area (Å²) in [5, 5.41) is 0. The van der Waals surface area contributed by atoms with E-state index >= 15 is 0 Å². The molecule has 0 heterocycles. The van der Waals surface area contributed by atoms with E-state index in [0.29, 0.717) is 0 Å². The molecule has 0 aromatic carbocycles. The van der Waals surface area contributed by atoms with Crippen LogP contribution in [0.25, 0.3) is 0 Å². The molecule has 8 heavy (non-hydrogen) atoms. The monoisotopic (exact) mass is 333 g/mol. The van der Waals surface area contributed by atoms with Crippen LogP contribution in [-0.4, -0.2) is 13.9 Å². The van der Waals surface area contributed by atoms with Crippen LogP contribution >= 0.6 is 47.8 Å². The second kappa shape index (κ2) is 7.81. The predicted molar refractivity (Wildman–Crippen MR) is 37.1 cm³/mol. The first-order valence-electron chi connectivity index (χ1n) is 1.02. The van der Waals surface area contributed by atoms with E-state index in [1.165, 1.54) is 0 Å². The molecule has 2 nitrogen and oxygen atoms in total. The predicted octanol–water partition coefficient (Wildman–Crippen LogP) is -1.24. The number of alkyl halides is 3. The first kappa shape index (κ1) is 17.0. The van der Waals surface area contributed by atoms with E-state index in [1.807, 2.05) is 0 Å². The van der Waals surface area contributed by atoms with Crippen LogP contribution in [0.1, 0.15) is 0 Å². The summed E-state index contributed by atoms with van der Waals surface area (Å²) in [6.45, 7) is 0. The molecule has 0 aromatic heterocycles. The smallest absolute Gasteiger partial charge is 0.870 e. The van der Waals surface area contributed by atoms with Gasteiger partial charge < -0.3 is 5.48 Å². The van der Waals surface area contributed by atoms with Gasteiger partial charge in [0.25, 0.3) is 0 Å². The Kier molecular flexibility index (Phi) is 16.6. The molecule has 0 amide bonds. The maximum absolute atomic E-state index is 9.56. The molecule has 0 spiro atoms. The third-order valence-electron chi connectivity index (χ3n) is 0.116. The van der Waals surface area contributed by atoms with Gasteiger partial charge in [0.2, 0.25) is 8.43 Å². The minimum atomic E-state index is -0.826. The molecule has 0 fully saturated rings. The first-order valence-corrected chi connectivity index (χ1v) is 3.40. The van der Waals surface area contributed by atoms with Gasteiger partial charge in [-0.05, 0) is 0 Å². The standard InChI is InChI=1S/C2Br3O.K.H2O/c3-2(4,5)1-6;;/h;;1H2/q;+1;/p-1. The van der Waals surface area contributed by atoms with Crippen molar-refractivity contribution in [1.82, 2.24) is 0 Å². The Morgan fingerprint density at radius 2 is 1.38 bits per heavy atom. The molecule has 0 bridgehead atoms. The van der Waals surface area contributed by atoms with Gasteiger partial charge in [0.15, 0.2) is 0 Å². The molecule has 0 aliphatic carbocycles. The Labute approximate surface area is 115 Å². The van der Waals surface area contributed by atoms with Crippen LogP contribution in [0.2, 0.25) is 0 Å². The number of carbonyl (C=O) groups excluding carboxylic acids is 1. The summed E-state index contributed by atoms with van der Waals surface area (Å²) >= 11 is 8.66. The summed E-state index contributed by atoms with van der Waals surface area (Å²) in [5.74, 6) is 0. The van der Waals surface area contributed by atoms with Gasteiger partial charge in [0.05, 0.1) is 0 Å². The molecule has 43 valence electrons. The summed E-state index contributed by atoms with van der Waals surface area (Å²) in [7, 11) is 0. The van der Waals surface area contributed by atoms with Crippen molar-refractivity contribution < 1.29 is 61.7 Å². The summed E-state index contributed by atoms with van der Waals surface area (Å²) in [6.07, 6.45) is 1.60. The van der Waals surface area contributed by atoms with E-state index < -0.39 is 2.14 Å². The van der Waals surface area contributed by atoms with Crippen molar-refractivity contribution in [2.45, 2.75) is 2.14 Å². The molecule has 0 saturated carbocycles. The number of hydrogen-bond donors (Lipinski definition) is 0. The maximum atomic E-state index is 9.56. The SMILES string of the molecule is O=[C]C(Br)(Br)Br.[K+].[OH-]. The van der Waals surface area contributed by atoms with Crippen LogP contribution in [0.3, 0.4) is 0 Å².